The van der Waals surface area contributed by atoms with Crippen molar-refractivity contribution in [2.75, 3.05) is 10.6 Å². The topological polar surface area (TPSA) is 142 Å². The quantitative estimate of drug-likeness (QED) is 0.253. The van der Waals surface area contributed by atoms with Gasteiger partial charge in [0.05, 0.1) is 16.2 Å². The number of amides is 2. The van der Waals surface area contributed by atoms with Crippen LogP contribution in [-0.2, 0) is 20.9 Å². The number of fused-ring (bicyclic) bond motifs is 1. The summed E-state index contributed by atoms with van der Waals surface area (Å²) in [5.41, 5.74) is 3.66. The average Bonchev–Trinajstić information content (AvgIpc) is 3.42. The number of likely N-dealkylation sites (tertiary alicyclic amines) is 1. The summed E-state index contributed by atoms with van der Waals surface area (Å²) in [6.07, 6.45) is 0.510. The SMILES string of the molecule is O=C1Nc2ccc([N+](=O)[O-])cc2C1=C(Nc1ccc(CN2C(=O)CCC2C(=O)O)cc1)c1ccccc1. The standard InChI is InChI=1S/C27H22N4O6/c32-23-13-12-22(27(34)35)30(23)15-16-6-8-18(9-7-16)28-25(17-4-2-1-3-5-17)24-20-14-19(31(36)37)10-11-21(20)29-26(24)33/h1-11,14,22,28H,12-13,15H2,(H,29,33)(H,34,35). The summed E-state index contributed by atoms with van der Waals surface area (Å²) in [4.78, 5) is 48.9. The fraction of sp³-hybridized carbons (Fsp3) is 0.148. The van der Waals surface area contributed by atoms with Gasteiger partial charge < -0.3 is 20.6 Å². The van der Waals surface area contributed by atoms with E-state index in [4.69, 9.17) is 0 Å². The molecule has 3 N–H and O–H groups in total. The molecule has 37 heavy (non-hydrogen) atoms. The van der Waals surface area contributed by atoms with Crippen LogP contribution in [0, 0.1) is 10.1 Å². The molecule has 3 aromatic rings. The van der Waals surface area contributed by atoms with E-state index in [0.717, 1.165) is 5.56 Å². The van der Waals surface area contributed by atoms with Crippen LogP contribution in [0.5, 0.6) is 0 Å². The Kier molecular flexibility index (Phi) is 6.14. The van der Waals surface area contributed by atoms with Gasteiger partial charge in [0, 0.05) is 42.0 Å². The number of nitro groups is 1. The van der Waals surface area contributed by atoms with E-state index < -0.39 is 16.9 Å². The van der Waals surface area contributed by atoms with Gasteiger partial charge in [0.25, 0.3) is 11.6 Å². The molecule has 1 atom stereocenters. The van der Waals surface area contributed by atoms with E-state index >= 15 is 0 Å². The maximum atomic E-state index is 13.0. The Hall–Kier alpha value is -4.99. The molecule has 0 bridgehead atoms. The summed E-state index contributed by atoms with van der Waals surface area (Å²) in [7, 11) is 0. The molecule has 5 rings (SSSR count). The first-order valence-corrected chi connectivity index (χ1v) is 11.6. The van der Waals surface area contributed by atoms with Crippen molar-refractivity contribution in [3.63, 3.8) is 0 Å². The third-order valence-electron chi connectivity index (χ3n) is 6.46. The van der Waals surface area contributed by atoms with E-state index in [2.05, 4.69) is 10.6 Å². The van der Waals surface area contributed by atoms with Crippen LogP contribution in [0.25, 0.3) is 11.3 Å². The van der Waals surface area contributed by atoms with E-state index in [1.807, 2.05) is 30.3 Å². The molecule has 10 heteroatoms. The van der Waals surface area contributed by atoms with Crippen molar-refractivity contribution in [2.24, 2.45) is 0 Å². The monoisotopic (exact) mass is 498 g/mol. The highest BCUT2D eigenvalue weighted by atomic mass is 16.6. The molecular weight excluding hydrogens is 476 g/mol. The molecule has 186 valence electrons. The molecule has 1 fully saturated rings. The zero-order valence-corrected chi connectivity index (χ0v) is 19.5. The maximum Gasteiger partial charge on any atom is 0.326 e. The number of carboxylic acids is 1. The highest BCUT2D eigenvalue weighted by Gasteiger charge is 2.36. The molecule has 0 radical (unpaired) electrons. The van der Waals surface area contributed by atoms with Gasteiger partial charge in [-0.15, -0.1) is 0 Å². The molecule has 2 aliphatic heterocycles. The van der Waals surface area contributed by atoms with Gasteiger partial charge in [0.1, 0.15) is 6.04 Å². The van der Waals surface area contributed by atoms with Gasteiger partial charge in [-0.25, -0.2) is 4.79 Å². The largest absolute Gasteiger partial charge is 0.480 e. The van der Waals surface area contributed by atoms with Crippen LogP contribution in [-0.4, -0.2) is 38.8 Å². The van der Waals surface area contributed by atoms with Crippen LogP contribution < -0.4 is 10.6 Å². The van der Waals surface area contributed by atoms with Crippen LogP contribution in [0.4, 0.5) is 17.1 Å². The number of aliphatic carboxylic acids is 1. The Labute approximate surface area is 211 Å². The summed E-state index contributed by atoms with van der Waals surface area (Å²) in [5, 5.41) is 26.8. The number of rotatable bonds is 7. The minimum Gasteiger partial charge on any atom is -0.480 e. The smallest absolute Gasteiger partial charge is 0.326 e. The second kappa shape index (κ2) is 9.57. The molecule has 2 amide bonds. The summed E-state index contributed by atoms with van der Waals surface area (Å²) in [6, 6.07) is 19.7. The molecule has 0 aliphatic carbocycles. The van der Waals surface area contributed by atoms with Crippen LogP contribution in [0.15, 0.2) is 72.8 Å². The van der Waals surface area contributed by atoms with Gasteiger partial charge in [0.15, 0.2) is 0 Å². The molecule has 10 nitrogen and oxygen atoms in total. The number of carbonyl (C=O) groups excluding carboxylic acids is 2. The number of nitrogens with zero attached hydrogens (tertiary/aromatic N) is 2. The number of nitro benzene ring substituents is 1. The van der Waals surface area contributed by atoms with E-state index in [0.29, 0.717) is 34.6 Å². The Morgan fingerprint density at radius 3 is 2.49 bits per heavy atom. The van der Waals surface area contributed by atoms with E-state index in [9.17, 15) is 29.6 Å². The number of carbonyl (C=O) groups is 3. The summed E-state index contributed by atoms with van der Waals surface area (Å²) in [5.74, 6) is -1.59. The molecule has 0 spiro atoms. The Balaban J connectivity index is 1.49. The van der Waals surface area contributed by atoms with Crippen LogP contribution in [0.2, 0.25) is 0 Å². The van der Waals surface area contributed by atoms with Crippen molar-refractivity contribution in [3.05, 3.63) is 99.6 Å². The van der Waals surface area contributed by atoms with Gasteiger partial charge in [-0.1, -0.05) is 42.5 Å². The van der Waals surface area contributed by atoms with Crippen molar-refractivity contribution in [1.29, 1.82) is 0 Å². The normalized spacial score (nSPS) is 17.8. The molecule has 1 saturated heterocycles. The van der Waals surface area contributed by atoms with Crippen molar-refractivity contribution in [3.8, 4) is 0 Å². The number of benzene rings is 3. The summed E-state index contributed by atoms with van der Waals surface area (Å²) < 4.78 is 0. The Bertz CT molecular complexity index is 1450. The third-order valence-corrected chi connectivity index (χ3v) is 6.46. The molecule has 2 heterocycles. The van der Waals surface area contributed by atoms with Gasteiger partial charge in [-0.2, -0.15) is 0 Å². The first-order valence-electron chi connectivity index (χ1n) is 11.6. The second-order valence-corrected chi connectivity index (χ2v) is 8.79. The van der Waals surface area contributed by atoms with Crippen molar-refractivity contribution in [2.45, 2.75) is 25.4 Å². The zero-order chi connectivity index (χ0) is 26.1. The number of hydrogen-bond acceptors (Lipinski definition) is 6. The number of anilines is 2. The minimum absolute atomic E-state index is 0.124. The fourth-order valence-electron chi connectivity index (χ4n) is 4.62. The molecule has 3 aromatic carbocycles. The molecular formula is C27H22N4O6. The molecule has 0 saturated carbocycles. The molecule has 0 aromatic heterocycles. The van der Waals surface area contributed by atoms with Gasteiger partial charge in [0.2, 0.25) is 5.91 Å². The van der Waals surface area contributed by atoms with E-state index in [1.165, 1.54) is 23.1 Å². The Morgan fingerprint density at radius 1 is 1.08 bits per heavy atom. The molecule has 1 unspecified atom stereocenters. The van der Waals surface area contributed by atoms with Crippen molar-refractivity contribution >= 4 is 46.1 Å². The summed E-state index contributed by atoms with van der Waals surface area (Å²) in [6.45, 7) is 0.183. The van der Waals surface area contributed by atoms with Gasteiger partial charge in [-0.3, -0.25) is 19.7 Å². The van der Waals surface area contributed by atoms with E-state index in [-0.39, 0.29) is 36.0 Å². The first-order chi connectivity index (χ1) is 17.8. The number of non-ortho nitro benzene ring substituents is 1. The number of carboxylic acid groups (broad SMARTS) is 1. The van der Waals surface area contributed by atoms with Crippen molar-refractivity contribution < 1.29 is 24.4 Å². The lowest BCUT2D eigenvalue weighted by atomic mass is 9.99. The number of nitrogens with one attached hydrogen (secondary N) is 2. The fourth-order valence-corrected chi connectivity index (χ4v) is 4.62. The zero-order valence-electron chi connectivity index (χ0n) is 19.5. The van der Waals surface area contributed by atoms with Crippen LogP contribution in [0.1, 0.15) is 29.5 Å². The van der Waals surface area contributed by atoms with Gasteiger partial charge >= 0.3 is 5.97 Å². The Morgan fingerprint density at radius 2 is 1.81 bits per heavy atom. The maximum absolute atomic E-state index is 13.0. The van der Waals surface area contributed by atoms with Crippen LogP contribution >= 0.6 is 0 Å². The van der Waals surface area contributed by atoms with Gasteiger partial charge in [-0.05, 0) is 35.7 Å². The van der Waals surface area contributed by atoms with Crippen molar-refractivity contribution in [1.82, 2.24) is 4.90 Å². The van der Waals surface area contributed by atoms with Crippen LogP contribution in [0.3, 0.4) is 0 Å². The molecule has 2 aliphatic rings. The second-order valence-electron chi connectivity index (χ2n) is 8.79. The highest BCUT2D eigenvalue weighted by molar-refractivity contribution is 6.37. The lowest BCUT2D eigenvalue weighted by molar-refractivity contribution is -0.384. The highest BCUT2D eigenvalue weighted by Crippen LogP contribution is 2.39. The first kappa shape index (κ1) is 23.7. The predicted molar refractivity (Wildman–Crippen MR) is 136 cm³/mol. The lowest BCUT2D eigenvalue weighted by Crippen LogP contribution is -2.37. The number of hydrogen-bond donors (Lipinski definition) is 3. The predicted octanol–water partition coefficient (Wildman–Crippen LogP) is 4.10. The average molecular weight is 498 g/mol. The lowest BCUT2D eigenvalue weighted by Gasteiger charge is -2.22. The summed E-state index contributed by atoms with van der Waals surface area (Å²) >= 11 is 0. The van der Waals surface area contributed by atoms with E-state index in [1.54, 1.807) is 24.3 Å². The third kappa shape index (κ3) is 4.64. The minimum atomic E-state index is -1.02.